The third-order valence-corrected chi connectivity index (χ3v) is 5.17. The summed E-state index contributed by atoms with van der Waals surface area (Å²) in [6.07, 6.45) is -0.169. The number of rotatable bonds is 3. The third kappa shape index (κ3) is 3.66. The van der Waals surface area contributed by atoms with Gasteiger partial charge in [0.1, 0.15) is 0 Å². The van der Waals surface area contributed by atoms with Crippen LogP contribution < -0.4 is 0 Å². The van der Waals surface area contributed by atoms with Gasteiger partial charge in [-0.25, -0.2) is 0 Å². The molecule has 2 aromatic carbocycles. The van der Waals surface area contributed by atoms with Gasteiger partial charge in [0.05, 0.1) is 6.16 Å². The second kappa shape index (κ2) is 6.75. The summed E-state index contributed by atoms with van der Waals surface area (Å²) in [5.41, 5.74) is 1.94. The molecule has 0 unspecified atom stereocenters. The van der Waals surface area contributed by atoms with Gasteiger partial charge < -0.3 is 14.4 Å². The van der Waals surface area contributed by atoms with E-state index < -0.39 is 7.60 Å². The van der Waals surface area contributed by atoms with Gasteiger partial charge in [0.25, 0.3) is 0 Å². The maximum absolute atomic E-state index is 11.2. The van der Waals surface area contributed by atoms with E-state index in [1.807, 2.05) is 41.0 Å². The van der Waals surface area contributed by atoms with Gasteiger partial charge in [-0.15, -0.1) is 17.0 Å². The zero-order chi connectivity index (χ0) is 15.2. The number of aryl methyl sites for hydroxylation is 1. The van der Waals surface area contributed by atoms with Crippen LogP contribution in [-0.4, -0.2) is 20.5 Å². The molecule has 0 fully saturated rings. The van der Waals surface area contributed by atoms with Gasteiger partial charge in [-0.05, 0) is 36.4 Å². The van der Waals surface area contributed by atoms with Crippen LogP contribution in [0.15, 0.2) is 45.3 Å². The third-order valence-electron chi connectivity index (χ3n) is 3.40. The van der Waals surface area contributed by atoms with E-state index in [2.05, 4.69) is 31.9 Å². The molecular formula is C14H13Br3NO3P. The Bertz CT molecular complexity index is 829. The zero-order valence-corrected chi connectivity index (χ0v) is 17.0. The van der Waals surface area contributed by atoms with Gasteiger partial charge >= 0.3 is 7.60 Å². The number of aromatic nitrogens is 1. The Labute approximate surface area is 154 Å². The molecule has 0 radical (unpaired) electrons. The van der Waals surface area contributed by atoms with Crippen molar-refractivity contribution in [2.24, 2.45) is 0 Å². The number of fused-ring (bicyclic) bond motifs is 3. The van der Waals surface area contributed by atoms with Crippen LogP contribution in [0.5, 0.6) is 0 Å². The first-order chi connectivity index (χ1) is 9.85. The van der Waals surface area contributed by atoms with Gasteiger partial charge in [0.15, 0.2) is 0 Å². The fraction of sp³-hybridized carbons (Fsp3) is 0.143. The van der Waals surface area contributed by atoms with Crippen molar-refractivity contribution in [1.82, 2.24) is 4.57 Å². The van der Waals surface area contributed by atoms with Crippen molar-refractivity contribution < 1.29 is 14.4 Å². The minimum atomic E-state index is -4.02. The molecule has 0 spiro atoms. The molecule has 0 saturated heterocycles. The summed E-state index contributed by atoms with van der Waals surface area (Å²) < 4.78 is 15.1. The van der Waals surface area contributed by atoms with Crippen molar-refractivity contribution in [2.45, 2.75) is 6.54 Å². The summed E-state index contributed by atoms with van der Waals surface area (Å²) in [5, 5.41) is 2.12. The second-order valence-corrected chi connectivity index (χ2v) is 8.47. The molecule has 0 bridgehead atoms. The van der Waals surface area contributed by atoms with Crippen molar-refractivity contribution in [3.8, 4) is 0 Å². The lowest BCUT2D eigenvalue weighted by Crippen LogP contribution is -2.02. The Morgan fingerprint density at radius 1 is 0.955 bits per heavy atom. The van der Waals surface area contributed by atoms with Crippen LogP contribution in [-0.2, 0) is 11.1 Å². The second-order valence-electron chi connectivity index (χ2n) is 4.86. The molecule has 3 aromatic rings. The highest BCUT2D eigenvalue weighted by Gasteiger charge is 2.16. The molecule has 2 N–H and O–H groups in total. The van der Waals surface area contributed by atoms with Crippen LogP contribution in [0.2, 0.25) is 0 Å². The minimum Gasteiger partial charge on any atom is -0.340 e. The fourth-order valence-corrected chi connectivity index (χ4v) is 3.70. The van der Waals surface area contributed by atoms with E-state index in [1.54, 1.807) is 0 Å². The van der Waals surface area contributed by atoms with E-state index in [-0.39, 0.29) is 29.7 Å². The van der Waals surface area contributed by atoms with Crippen LogP contribution in [0, 0.1) is 0 Å². The summed E-state index contributed by atoms with van der Waals surface area (Å²) in [6.45, 7) is 0.285. The maximum Gasteiger partial charge on any atom is 0.327 e. The highest BCUT2D eigenvalue weighted by atomic mass is 79.9. The van der Waals surface area contributed by atoms with Crippen LogP contribution in [0.1, 0.15) is 0 Å². The number of nitrogens with zero attached hydrogens (tertiary/aromatic N) is 1. The summed E-state index contributed by atoms with van der Waals surface area (Å²) in [4.78, 5) is 18.3. The van der Waals surface area contributed by atoms with Gasteiger partial charge in [0.2, 0.25) is 0 Å². The Kier molecular flexibility index (Phi) is 5.58. The molecule has 8 heteroatoms. The highest BCUT2D eigenvalue weighted by Crippen LogP contribution is 2.37. The maximum atomic E-state index is 11.2. The van der Waals surface area contributed by atoms with Crippen molar-refractivity contribution in [3.63, 3.8) is 0 Å². The van der Waals surface area contributed by atoms with Gasteiger partial charge in [-0.2, -0.15) is 0 Å². The van der Waals surface area contributed by atoms with Crippen LogP contribution >= 0.6 is 56.4 Å². The van der Waals surface area contributed by atoms with Gasteiger partial charge in [-0.1, -0.05) is 31.9 Å². The van der Waals surface area contributed by atoms with E-state index in [4.69, 9.17) is 9.79 Å². The lowest BCUT2D eigenvalue weighted by molar-refractivity contribution is 0.370. The quantitative estimate of drug-likeness (QED) is 0.480. The molecule has 0 saturated carbocycles. The van der Waals surface area contributed by atoms with Gasteiger partial charge in [-0.3, -0.25) is 4.57 Å². The molecule has 1 heterocycles. The van der Waals surface area contributed by atoms with E-state index >= 15 is 0 Å². The zero-order valence-electron chi connectivity index (χ0n) is 11.2. The van der Waals surface area contributed by atoms with Crippen LogP contribution in [0.25, 0.3) is 21.8 Å². The Morgan fingerprint density at radius 3 is 1.82 bits per heavy atom. The largest absolute Gasteiger partial charge is 0.340 e. The first-order valence-corrected chi connectivity index (χ1v) is 9.65. The van der Waals surface area contributed by atoms with Crippen molar-refractivity contribution in [3.05, 3.63) is 45.3 Å². The van der Waals surface area contributed by atoms with Crippen molar-refractivity contribution >= 4 is 78.2 Å². The van der Waals surface area contributed by atoms with E-state index in [0.717, 1.165) is 30.8 Å². The first kappa shape index (κ1) is 18.2. The van der Waals surface area contributed by atoms with E-state index in [1.165, 1.54) is 0 Å². The standard InChI is InChI=1S/C14H12Br2NO3P.BrH/c15-9-1-3-13-11(7-9)12-8-10(16)2-4-14(12)17(13)5-6-21(18,19)20;/h1-4,7-8H,5-6H2,(H2,18,19,20);1H. The molecule has 1 aromatic heterocycles. The molecular weight excluding hydrogens is 501 g/mol. The summed E-state index contributed by atoms with van der Waals surface area (Å²) >= 11 is 6.94. The lowest BCUT2D eigenvalue weighted by atomic mass is 10.2. The van der Waals surface area contributed by atoms with E-state index in [0.29, 0.717) is 0 Å². The number of halogens is 3. The normalized spacial score (nSPS) is 11.8. The van der Waals surface area contributed by atoms with Crippen LogP contribution in [0.4, 0.5) is 0 Å². The molecule has 0 aliphatic heterocycles. The monoisotopic (exact) mass is 511 g/mol. The number of hydrogen-bond donors (Lipinski definition) is 2. The fourth-order valence-electron chi connectivity index (χ4n) is 2.52. The summed E-state index contributed by atoms with van der Waals surface area (Å²) in [7, 11) is -4.02. The molecule has 0 aliphatic carbocycles. The molecule has 118 valence electrons. The summed E-state index contributed by atoms with van der Waals surface area (Å²) in [6, 6.07) is 11.9. The Morgan fingerprint density at radius 2 is 1.41 bits per heavy atom. The average molecular weight is 514 g/mol. The van der Waals surface area contributed by atoms with Gasteiger partial charge in [0, 0.05) is 37.3 Å². The molecule has 3 rings (SSSR count). The molecule has 0 amide bonds. The lowest BCUT2D eigenvalue weighted by Gasteiger charge is -2.08. The highest BCUT2D eigenvalue weighted by molar-refractivity contribution is 9.10. The van der Waals surface area contributed by atoms with Crippen LogP contribution in [0.3, 0.4) is 0 Å². The topological polar surface area (TPSA) is 62.5 Å². The summed E-state index contributed by atoms with van der Waals surface area (Å²) in [5.74, 6) is 0. The predicted molar refractivity (Wildman–Crippen MR) is 102 cm³/mol. The predicted octanol–water partition coefficient (Wildman–Crippen LogP) is 5.08. The molecule has 22 heavy (non-hydrogen) atoms. The smallest absolute Gasteiger partial charge is 0.327 e. The minimum absolute atomic E-state index is 0. The number of benzene rings is 2. The Balaban J connectivity index is 0.00000176. The molecule has 0 atom stereocenters. The molecule has 4 nitrogen and oxygen atoms in total. The van der Waals surface area contributed by atoms with E-state index in [9.17, 15) is 4.57 Å². The molecule has 0 aliphatic rings. The average Bonchev–Trinajstić information content (AvgIpc) is 2.68. The SMILES string of the molecule is Br.O=P(O)(O)CCn1c2ccc(Br)cc2c2cc(Br)ccc21. The number of hydrogen-bond acceptors (Lipinski definition) is 1. The first-order valence-electron chi connectivity index (χ1n) is 6.27. The Hall–Kier alpha value is -0.170. The van der Waals surface area contributed by atoms with Crippen molar-refractivity contribution in [2.75, 3.05) is 6.16 Å². The van der Waals surface area contributed by atoms with Crippen molar-refractivity contribution in [1.29, 1.82) is 0 Å².